The van der Waals surface area contributed by atoms with E-state index < -0.39 is 6.10 Å². The maximum Gasteiger partial charge on any atom is 0.0847 e. The zero-order chi connectivity index (χ0) is 13.3. The fourth-order valence-corrected chi connectivity index (χ4v) is 2.93. The lowest BCUT2D eigenvalue weighted by Crippen LogP contribution is -2.42. The fourth-order valence-electron chi connectivity index (χ4n) is 2.69. The Bertz CT molecular complexity index is 421. The summed E-state index contributed by atoms with van der Waals surface area (Å²) in [5.74, 6) is 0. The molecule has 1 aliphatic rings. The van der Waals surface area contributed by atoms with Crippen LogP contribution in [0.4, 0.5) is 0 Å². The minimum Gasteiger partial charge on any atom is -0.393 e. The third kappa shape index (κ3) is 2.56. The number of aromatic nitrogens is 2. The van der Waals surface area contributed by atoms with Gasteiger partial charge >= 0.3 is 0 Å². The number of aliphatic hydroxyl groups excluding tert-OH is 1. The third-order valence-corrected chi connectivity index (χ3v) is 4.49. The summed E-state index contributed by atoms with van der Waals surface area (Å²) in [7, 11) is 3.59. The van der Waals surface area contributed by atoms with Crippen LogP contribution in [0.15, 0.2) is 0 Å². The molecule has 0 spiro atoms. The highest BCUT2D eigenvalue weighted by atomic mass is 35.5. The zero-order valence-electron chi connectivity index (χ0n) is 11.2. The molecule has 2 rings (SSSR count). The lowest BCUT2D eigenvalue weighted by molar-refractivity contribution is -0.0990. The lowest BCUT2D eigenvalue weighted by atomic mass is 9.75. The van der Waals surface area contributed by atoms with Crippen molar-refractivity contribution in [2.24, 2.45) is 7.05 Å². The van der Waals surface area contributed by atoms with E-state index in [1.807, 2.05) is 14.0 Å². The molecule has 5 heteroatoms. The van der Waals surface area contributed by atoms with Crippen LogP contribution in [0, 0.1) is 6.92 Å². The number of halogens is 1. The van der Waals surface area contributed by atoms with E-state index >= 15 is 0 Å². The Morgan fingerprint density at radius 2 is 2.22 bits per heavy atom. The molecule has 1 fully saturated rings. The average molecular weight is 273 g/mol. The van der Waals surface area contributed by atoms with Crippen molar-refractivity contribution in [3.63, 3.8) is 0 Å². The highest BCUT2D eigenvalue weighted by Gasteiger charge is 2.38. The van der Waals surface area contributed by atoms with Gasteiger partial charge in [0.05, 0.1) is 28.1 Å². The molecule has 1 aliphatic carbocycles. The highest BCUT2D eigenvalue weighted by Crippen LogP contribution is 2.39. The summed E-state index contributed by atoms with van der Waals surface area (Å²) in [5, 5.41) is 15.1. The second-order valence-electron chi connectivity index (χ2n) is 5.27. The van der Waals surface area contributed by atoms with Gasteiger partial charge in [0.15, 0.2) is 0 Å². The molecular formula is C13H21ClN2O2. The van der Waals surface area contributed by atoms with Gasteiger partial charge in [0.25, 0.3) is 0 Å². The van der Waals surface area contributed by atoms with E-state index in [1.165, 1.54) is 6.42 Å². The van der Waals surface area contributed by atoms with Gasteiger partial charge in [-0.05, 0) is 26.2 Å². The number of hydrogen-bond donors (Lipinski definition) is 1. The maximum atomic E-state index is 10.2. The Labute approximate surface area is 113 Å². The molecule has 1 aromatic heterocycles. The van der Waals surface area contributed by atoms with Crippen molar-refractivity contribution in [1.82, 2.24) is 9.78 Å². The molecule has 0 amide bonds. The molecule has 1 N–H and O–H groups in total. The molecule has 1 saturated carbocycles. The summed E-state index contributed by atoms with van der Waals surface area (Å²) in [6.45, 7) is 1.88. The zero-order valence-corrected chi connectivity index (χ0v) is 12.0. The van der Waals surface area contributed by atoms with Crippen LogP contribution >= 0.6 is 11.6 Å². The molecule has 0 saturated heterocycles. The molecule has 0 aliphatic heterocycles. The van der Waals surface area contributed by atoms with E-state index in [9.17, 15) is 5.11 Å². The first-order valence-electron chi connectivity index (χ1n) is 6.38. The molecule has 1 heterocycles. The summed E-state index contributed by atoms with van der Waals surface area (Å²) in [4.78, 5) is 0. The number of hydrogen-bond acceptors (Lipinski definition) is 3. The van der Waals surface area contributed by atoms with Gasteiger partial charge in [-0.2, -0.15) is 5.10 Å². The summed E-state index contributed by atoms with van der Waals surface area (Å²) < 4.78 is 7.28. The van der Waals surface area contributed by atoms with Crippen LogP contribution in [-0.2, 0) is 18.2 Å². The van der Waals surface area contributed by atoms with Crippen molar-refractivity contribution >= 4 is 11.6 Å². The van der Waals surface area contributed by atoms with Gasteiger partial charge in [-0.15, -0.1) is 0 Å². The molecule has 18 heavy (non-hydrogen) atoms. The van der Waals surface area contributed by atoms with Gasteiger partial charge in [-0.25, -0.2) is 0 Å². The number of aliphatic hydroxyl groups is 1. The summed E-state index contributed by atoms with van der Waals surface area (Å²) in [6, 6.07) is 0. The topological polar surface area (TPSA) is 47.3 Å². The molecule has 4 nitrogen and oxygen atoms in total. The molecule has 0 radical (unpaired) electrons. The highest BCUT2D eigenvalue weighted by molar-refractivity contribution is 6.31. The molecule has 1 aromatic rings. The number of nitrogens with zero attached hydrogens (tertiary/aromatic N) is 2. The van der Waals surface area contributed by atoms with Crippen LogP contribution in [0.25, 0.3) is 0 Å². The Balaban J connectivity index is 2.00. The first kappa shape index (κ1) is 13.8. The smallest absolute Gasteiger partial charge is 0.0847 e. The second kappa shape index (κ2) is 5.19. The van der Waals surface area contributed by atoms with E-state index in [4.69, 9.17) is 16.3 Å². The van der Waals surface area contributed by atoms with E-state index in [1.54, 1.807) is 11.8 Å². The van der Waals surface area contributed by atoms with Gasteiger partial charge in [0, 0.05) is 27.0 Å². The molecule has 1 atom stereocenters. The van der Waals surface area contributed by atoms with Gasteiger partial charge in [-0.3, -0.25) is 4.68 Å². The predicted molar refractivity (Wildman–Crippen MR) is 70.9 cm³/mol. The third-order valence-electron chi connectivity index (χ3n) is 4.00. The quantitative estimate of drug-likeness (QED) is 0.894. The monoisotopic (exact) mass is 272 g/mol. The van der Waals surface area contributed by atoms with Gasteiger partial charge in [0.2, 0.25) is 0 Å². The van der Waals surface area contributed by atoms with E-state index in [-0.39, 0.29) is 5.60 Å². The minimum absolute atomic E-state index is 0.112. The number of rotatable bonds is 5. The number of methoxy groups -OCH3 is 1. The van der Waals surface area contributed by atoms with Crippen LogP contribution in [0.3, 0.4) is 0 Å². The summed E-state index contributed by atoms with van der Waals surface area (Å²) in [5.41, 5.74) is 1.60. The van der Waals surface area contributed by atoms with Crippen LogP contribution in [-0.4, -0.2) is 33.7 Å². The Hall–Kier alpha value is -0.580. The Morgan fingerprint density at radius 1 is 1.56 bits per heavy atom. The second-order valence-corrected chi connectivity index (χ2v) is 5.65. The van der Waals surface area contributed by atoms with Crippen LogP contribution in [0.2, 0.25) is 5.02 Å². The lowest BCUT2D eigenvalue weighted by Gasteiger charge is -2.41. The average Bonchev–Trinajstić information content (AvgIpc) is 2.51. The van der Waals surface area contributed by atoms with Crippen molar-refractivity contribution in [1.29, 1.82) is 0 Å². The van der Waals surface area contributed by atoms with Crippen LogP contribution < -0.4 is 0 Å². The molecule has 0 bridgehead atoms. The molecular weight excluding hydrogens is 252 g/mol. The van der Waals surface area contributed by atoms with E-state index in [0.29, 0.717) is 17.9 Å². The number of aryl methyl sites for hydroxylation is 2. The molecule has 0 aromatic carbocycles. The number of ether oxygens (including phenoxy) is 1. The largest absolute Gasteiger partial charge is 0.393 e. The first-order chi connectivity index (χ1) is 8.47. The molecule has 102 valence electrons. The van der Waals surface area contributed by atoms with Crippen molar-refractivity contribution in [2.45, 2.75) is 50.7 Å². The summed E-state index contributed by atoms with van der Waals surface area (Å²) in [6.07, 6.45) is 4.03. The Kier molecular flexibility index (Phi) is 3.99. The van der Waals surface area contributed by atoms with Crippen molar-refractivity contribution < 1.29 is 9.84 Å². The van der Waals surface area contributed by atoms with Crippen LogP contribution in [0.5, 0.6) is 0 Å². The SMILES string of the molecule is COC1(CC(O)Cc2c(Cl)c(C)nn2C)CCC1. The van der Waals surface area contributed by atoms with Crippen LogP contribution in [0.1, 0.15) is 37.1 Å². The normalized spacial score (nSPS) is 19.6. The van der Waals surface area contributed by atoms with E-state index in [2.05, 4.69) is 5.10 Å². The fraction of sp³-hybridized carbons (Fsp3) is 0.769. The minimum atomic E-state index is -0.433. The van der Waals surface area contributed by atoms with Crippen molar-refractivity contribution in [2.75, 3.05) is 7.11 Å². The van der Waals surface area contributed by atoms with E-state index in [0.717, 1.165) is 24.2 Å². The maximum absolute atomic E-state index is 10.2. The van der Waals surface area contributed by atoms with Gasteiger partial charge < -0.3 is 9.84 Å². The standard InChI is InChI=1S/C13H21ClN2O2/c1-9-12(14)11(16(2)15-9)7-10(17)8-13(18-3)5-4-6-13/h10,17H,4-8H2,1-3H3. The predicted octanol–water partition coefficient (Wildman–Crippen LogP) is 2.24. The van der Waals surface area contributed by atoms with Gasteiger partial charge in [0.1, 0.15) is 0 Å². The summed E-state index contributed by atoms with van der Waals surface area (Å²) >= 11 is 6.19. The Morgan fingerprint density at radius 3 is 2.61 bits per heavy atom. The first-order valence-corrected chi connectivity index (χ1v) is 6.76. The van der Waals surface area contributed by atoms with Gasteiger partial charge in [-0.1, -0.05) is 11.6 Å². The van der Waals surface area contributed by atoms with Crippen molar-refractivity contribution in [3.8, 4) is 0 Å². The molecule has 1 unspecified atom stereocenters. The van der Waals surface area contributed by atoms with Crippen molar-refractivity contribution in [3.05, 3.63) is 16.4 Å².